The molecule has 0 aromatic heterocycles. The van der Waals surface area contributed by atoms with E-state index < -0.39 is 29.8 Å². The normalized spacial score (nSPS) is 16.7. The van der Waals surface area contributed by atoms with Gasteiger partial charge >= 0.3 is 5.97 Å². The lowest BCUT2D eigenvalue weighted by atomic mass is 10.1. The van der Waals surface area contributed by atoms with Crippen molar-refractivity contribution in [3.05, 3.63) is 65.7 Å². The summed E-state index contributed by atoms with van der Waals surface area (Å²) in [6.07, 6.45) is -1.11. The van der Waals surface area contributed by atoms with Gasteiger partial charge in [0, 0.05) is 24.2 Å². The Morgan fingerprint density at radius 2 is 1.70 bits per heavy atom. The van der Waals surface area contributed by atoms with Gasteiger partial charge in [0.05, 0.1) is 5.92 Å². The molecule has 3 rings (SSSR count). The van der Waals surface area contributed by atoms with E-state index in [-0.39, 0.29) is 18.9 Å². The van der Waals surface area contributed by atoms with Gasteiger partial charge < -0.3 is 9.64 Å². The second-order valence-electron chi connectivity index (χ2n) is 7.13. The highest BCUT2D eigenvalue weighted by Crippen LogP contribution is 2.26. The highest BCUT2D eigenvalue weighted by Gasteiger charge is 2.37. The smallest absolute Gasteiger partial charge is 0.312 e. The molecule has 0 unspecified atom stereocenters. The van der Waals surface area contributed by atoms with E-state index >= 15 is 0 Å². The van der Waals surface area contributed by atoms with Crippen molar-refractivity contribution in [1.82, 2.24) is 10.9 Å². The van der Waals surface area contributed by atoms with E-state index in [9.17, 15) is 19.2 Å². The number of carbonyl (C=O) groups excluding carboxylic acids is 4. The zero-order valence-corrected chi connectivity index (χ0v) is 16.8. The first kappa shape index (κ1) is 21.0. The largest absolute Gasteiger partial charge is 0.452 e. The highest BCUT2D eigenvalue weighted by molar-refractivity contribution is 6.00. The van der Waals surface area contributed by atoms with Crippen LogP contribution in [0.5, 0.6) is 0 Å². The first-order valence-electron chi connectivity index (χ1n) is 9.58. The van der Waals surface area contributed by atoms with Gasteiger partial charge in [-0.15, -0.1) is 0 Å². The molecule has 1 fully saturated rings. The number of hydrogen-bond donors (Lipinski definition) is 2. The molecule has 1 aliphatic rings. The maximum Gasteiger partial charge on any atom is 0.312 e. The van der Waals surface area contributed by atoms with Crippen molar-refractivity contribution in [3.8, 4) is 0 Å². The van der Waals surface area contributed by atoms with Crippen LogP contribution in [0.2, 0.25) is 0 Å². The Balaban J connectivity index is 1.50. The van der Waals surface area contributed by atoms with Crippen LogP contribution in [0, 0.1) is 12.8 Å². The van der Waals surface area contributed by atoms with Crippen molar-refractivity contribution in [1.29, 1.82) is 0 Å². The van der Waals surface area contributed by atoms with Crippen molar-refractivity contribution in [2.24, 2.45) is 5.92 Å². The number of nitrogens with one attached hydrogen (secondary N) is 2. The molecular weight excluding hydrogens is 386 g/mol. The Hall–Kier alpha value is -3.68. The standard InChI is InChI=1S/C22H23N3O5/c1-14-8-10-18(11-9-14)25-13-17(12-19(25)26)22(29)30-15(2)20(27)23-24-21(28)16-6-4-3-5-7-16/h3-11,15,17H,12-13H2,1-2H3,(H,23,27)(H,24,28)/t15-,17-/m1/s1. The van der Waals surface area contributed by atoms with Crippen molar-refractivity contribution in [2.45, 2.75) is 26.4 Å². The molecule has 2 aromatic carbocycles. The number of aryl methyl sites for hydroxylation is 1. The number of esters is 1. The van der Waals surface area contributed by atoms with E-state index in [1.54, 1.807) is 30.3 Å². The maximum atomic E-state index is 12.4. The van der Waals surface area contributed by atoms with Crippen molar-refractivity contribution in [2.75, 3.05) is 11.4 Å². The maximum absolute atomic E-state index is 12.4. The van der Waals surface area contributed by atoms with Crippen molar-refractivity contribution in [3.63, 3.8) is 0 Å². The molecule has 1 heterocycles. The molecule has 0 radical (unpaired) electrons. The van der Waals surface area contributed by atoms with Crippen molar-refractivity contribution < 1.29 is 23.9 Å². The quantitative estimate of drug-likeness (QED) is 0.578. The number of amides is 3. The molecule has 2 N–H and O–H groups in total. The molecule has 156 valence electrons. The molecule has 30 heavy (non-hydrogen) atoms. The molecule has 1 aliphatic heterocycles. The molecule has 0 aliphatic carbocycles. The molecule has 2 atom stereocenters. The average Bonchev–Trinajstić information content (AvgIpc) is 3.14. The van der Waals surface area contributed by atoms with Gasteiger partial charge in [-0.3, -0.25) is 30.0 Å². The first-order chi connectivity index (χ1) is 14.3. The van der Waals surface area contributed by atoms with Gasteiger partial charge in [-0.25, -0.2) is 0 Å². The van der Waals surface area contributed by atoms with Crippen LogP contribution in [0.4, 0.5) is 5.69 Å². The van der Waals surface area contributed by atoms with E-state index in [1.807, 2.05) is 31.2 Å². The minimum Gasteiger partial charge on any atom is -0.452 e. The van der Waals surface area contributed by atoms with Crippen LogP contribution in [0.1, 0.15) is 29.3 Å². The third kappa shape index (κ3) is 5.02. The van der Waals surface area contributed by atoms with Crippen molar-refractivity contribution >= 4 is 29.4 Å². The fourth-order valence-corrected chi connectivity index (χ4v) is 3.05. The van der Waals surface area contributed by atoms with Crippen LogP contribution in [-0.4, -0.2) is 36.3 Å². The Kier molecular flexibility index (Phi) is 6.46. The van der Waals surface area contributed by atoms with Crippen LogP contribution in [0.15, 0.2) is 54.6 Å². The van der Waals surface area contributed by atoms with Gasteiger partial charge in [0.1, 0.15) is 0 Å². The van der Waals surface area contributed by atoms with Gasteiger partial charge in [-0.1, -0.05) is 35.9 Å². The second-order valence-corrected chi connectivity index (χ2v) is 7.13. The minimum atomic E-state index is -1.13. The minimum absolute atomic E-state index is 0.0196. The van der Waals surface area contributed by atoms with E-state index in [4.69, 9.17) is 4.74 Å². The van der Waals surface area contributed by atoms with Gasteiger partial charge in [0.15, 0.2) is 6.10 Å². The zero-order chi connectivity index (χ0) is 21.7. The number of nitrogens with zero attached hydrogens (tertiary/aromatic N) is 1. The van der Waals surface area contributed by atoms with Crippen LogP contribution < -0.4 is 15.8 Å². The number of rotatable bonds is 5. The fraction of sp³-hybridized carbons (Fsp3) is 0.273. The molecule has 2 aromatic rings. The summed E-state index contributed by atoms with van der Waals surface area (Å²) >= 11 is 0. The number of benzene rings is 2. The average molecular weight is 409 g/mol. The lowest BCUT2D eigenvalue weighted by Gasteiger charge is -2.18. The first-order valence-corrected chi connectivity index (χ1v) is 9.58. The Labute approximate surface area is 174 Å². The third-order valence-corrected chi connectivity index (χ3v) is 4.80. The molecule has 0 bridgehead atoms. The zero-order valence-electron chi connectivity index (χ0n) is 16.8. The molecule has 0 saturated carbocycles. The summed E-state index contributed by atoms with van der Waals surface area (Å²) in [4.78, 5) is 50.3. The molecule has 1 saturated heterocycles. The summed E-state index contributed by atoms with van der Waals surface area (Å²) in [5.41, 5.74) is 6.67. The van der Waals surface area contributed by atoms with Crippen LogP contribution >= 0.6 is 0 Å². The molecule has 8 nitrogen and oxygen atoms in total. The third-order valence-electron chi connectivity index (χ3n) is 4.80. The van der Waals surface area contributed by atoms with Crippen LogP contribution in [-0.2, 0) is 19.1 Å². The van der Waals surface area contributed by atoms with Crippen LogP contribution in [0.25, 0.3) is 0 Å². The molecule has 3 amide bonds. The number of ether oxygens (including phenoxy) is 1. The van der Waals surface area contributed by atoms with Gasteiger partial charge in [0.25, 0.3) is 11.8 Å². The van der Waals surface area contributed by atoms with E-state index in [2.05, 4.69) is 10.9 Å². The summed E-state index contributed by atoms with van der Waals surface area (Å²) in [7, 11) is 0. The highest BCUT2D eigenvalue weighted by atomic mass is 16.5. The molecule has 8 heteroatoms. The number of hydrogen-bond acceptors (Lipinski definition) is 5. The summed E-state index contributed by atoms with van der Waals surface area (Å²) in [6.45, 7) is 3.54. The van der Waals surface area contributed by atoms with E-state index in [0.717, 1.165) is 11.3 Å². The summed E-state index contributed by atoms with van der Waals surface area (Å²) < 4.78 is 5.20. The Bertz CT molecular complexity index is 943. The SMILES string of the molecule is Cc1ccc(N2C[C@H](C(=O)O[C@H](C)C(=O)NNC(=O)c3ccccc3)CC2=O)cc1. The predicted molar refractivity (Wildman–Crippen MR) is 109 cm³/mol. The Morgan fingerprint density at radius 3 is 2.37 bits per heavy atom. The predicted octanol–water partition coefficient (Wildman–Crippen LogP) is 1.74. The number of carbonyl (C=O) groups is 4. The lowest BCUT2D eigenvalue weighted by molar-refractivity contribution is -0.158. The fourth-order valence-electron chi connectivity index (χ4n) is 3.05. The van der Waals surface area contributed by atoms with Gasteiger partial charge in [-0.05, 0) is 38.1 Å². The topological polar surface area (TPSA) is 105 Å². The second kappa shape index (κ2) is 9.21. The number of anilines is 1. The summed E-state index contributed by atoms with van der Waals surface area (Å²) in [5.74, 6) is -2.62. The van der Waals surface area contributed by atoms with Crippen LogP contribution in [0.3, 0.4) is 0 Å². The summed E-state index contributed by atoms with van der Waals surface area (Å²) in [5, 5.41) is 0. The Morgan fingerprint density at radius 1 is 1.03 bits per heavy atom. The van der Waals surface area contributed by atoms with Gasteiger partial charge in [0.2, 0.25) is 5.91 Å². The van der Waals surface area contributed by atoms with E-state index in [1.165, 1.54) is 11.8 Å². The van der Waals surface area contributed by atoms with Gasteiger partial charge in [-0.2, -0.15) is 0 Å². The molecular formula is C22H23N3O5. The van der Waals surface area contributed by atoms with E-state index in [0.29, 0.717) is 5.56 Å². The monoisotopic (exact) mass is 409 g/mol. The molecule has 0 spiro atoms. The number of hydrazine groups is 1. The lowest BCUT2D eigenvalue weighted by Crippen LogP contribution is -2.47. The summed E-state index contributed by atoms with van der Waals surface area (Å²) in [6, 6.07) is 15.8.